The second kappa shape index (κ2) is 15.2. The van der Waals surface area contributed by atoms with Crippen molar-refractivity contribution in [2.75, 3.05) is 0 Å². The SMILES string of the molecule is C#C[C@@](C)(O)c1noc(C)n1.Cc1nc([C@](C)(O)C#Cc2cc3c(cc2F)C2CC(C2)n2cc(C(N)=O)nc2-3)no1.NC(=O)c1cn2c(n1)-c1cc(Br)c(F)cc1C1CC2C1. The van der Waals surface area contributed by atoms with E-state index >= 15 is 0 Å². The summed E-state index contributed by atoms with van der Waals surface area (Å²) in [6, 6.07) is 6.94. The van der Waals surface area contributed by atoms with E-state index in [2.05, 4.69) is 68.5 Å². The van der Waals surface area contributed by atoms with E-state index in [0.717, 1.165) is 42.4 Å². The monoisotopic (exact) mass is 894 g/mol. The summed E-state index contributed by atoms with van der Waals surface area (Å²) in [6.45, 7) is 6.06. The molecular weight excluding hydrogens is 858 g/mol. The van der Waals surface area contributed by atoms with Crippen molar-refractivity contribution >= 4 is 27.7 Å². The topological polar surface area (TPSA) is 240 Å². The number of rotatable bonds is 4. The summed E-state index contributed by atoms with van der Waals surface area (Å²) in [5, 5.41) is 27.1. The Labute approximate surface area is 354 Å². The molecule has 12 rings (SSSR count). The first-order valence-electron chi connectivity index (χ1n) is 19.0. The summed E-state index contributed by atoms with van der Waals surface area (Å²) < 4.78 is 42.5. The zero-order valence-corrected chi connectivity index (χ0v) is 34.7. The van der Waals surface area contributed by atoms with E-state index in [9.17, 15) is 28.6 Å². The molecule has 2 saturated carbocycles. The van der Waals surface area contributed by atoms with Crippen molar-refractivity contribution in [3.63, 3.8) is 0 Å². The first-order chi connectivity index (χ1) is 28.8. The Kier molecular flexibility index (Phi) is 10.3. The highest BCUT2D eigenvalue weighted by Crippen LogP contribution is 2.53. The van der Waals surface area contributed by atoms with Crippen molar-refractivity contribution in [1.82, 2.24) is 39.4 Å². The third kappa shape index (κ3) is 7.60. The summed E-state index contributed by atoms with van der Waals surface area (Å²) >= 11 is 3.22. The highest BCUT2D eigenvalue weighted by Gasteiger charge is 2.41. The molecule has 0 unspecified atom stereocenters. The van der Waals surface area contributed by atoms with Crippen molar-refractivity contribution in [1.29, 1.82) is 0 Å². The van der Waals surface area contributed by atoms with E-state index in [4.69, 9.17) is 22.4 Å². The standard InChI is InChI=1S/C21H18FN5O3.C14H11BrFN3O.C7H8N2O2/c1-10-24-20(26-30-10)21(2,29)4-3-11-7-15-14(8-16(11)22)12-5-13(6-12)27-9-17(18(23)28)25-19(15)27;15-10-3-9-8(4-11(10)16)6-1-7(2-6)19-5-12(13(17)20)18-14(9)19;1-4-7(3,10)6-8-5(2)11-9-6/h7-9,12-13,29H,5-6H2,1-2H3,(H2,23,28);3-7H,1-2H2,(H2,17,20);1,10H,2-3H3/t12?,13?,21-;;7-/m1.1/s1. The number of carbonyl (C=O) groups is 2. The van der Waals surface area contributed by atoms with Gasteiger partial charge < -0.3 is 39.9 Å². The quantitative estimate of drug-likeness (QED) is 0.163. The second-order valence-electron chi connectivity index (χ2n) is 15.7. The lowest BCUT2D eigenvalue weighted by molar-refractivity contribution is 0.0987. The number of amides is 2. The third-order valence-electron chi connectivity index (χ3n) is 11.2. The summed E-state index contributed by atoms with van der Waals surface area (Å²) in [7, 11) is 0. The van der Waals surface area contributed by atoms with Crippen molar-refractivity contribution < 1.29 is 37.6 Å². The van der Waals surface area contributed by atoms with Gasteiger partial charge in [0.1, 0.15) is 34.7 Å². The van der Waals surface area contributed by atoms with Crippen LogP contribution in [0.2, 0.25) is 0 Å². The number of aromatic nitrogens is 8. The molecule has 6 N–H and O–H groups in total. The zero-order chi connectivity index (χ0) is 43.7. The normalized spacial score (nSPS) is 20.3. The highest BCUT2D eigenvalue weighted by atomic mass is 79.9. The minimum Gasteiger partial charge on any atom is -0.371 e. The molecule has 4 aliphatic heterocycles. The van der Waals surface area contributed by atoms with Gasteiger partial charge in [-0.05, 0) is 103 Å². The predicted molar refractivity (Wildman–Crippen MR) is 215 cm³/mol. The fourth-order valence-electron chi connectivity index (χ4n) is 7.73. The molecule has 61 heavy (non-hydrogen) atoms. The lowest BCUT2D eigenvalue weighted by atomic mass is 9.75. The van der Waals surface area contributed by atoms with Crippen LogP contribution in [0.25, 0.3) is 22.8 Å². The van der Waals surface area contributed by atoms with Gasteiger partial charge in [-0.3, -0.25) is 9.59 Å². The number of halogens is 3. The first kappa shape index (κ1) is 41.2. The number of terminal acetylenes is 1. The van der Waals surface area contributed by atoms with Crippen LogP contribution in [0.15, 0.2) is 50.2 Å². The number of primary amides is 2. The van der Waals surface area contributed by atoms with Crippen LogP contribution >= 0.6 is 15.9 Å². The molecule has 19 heteroatoms. The van der Waals surface area contributed by atoms with Gasteiger partial charge in [0.15, 0.2) is 11.2 Å². The van der Waals surface area contributed by atoms with E-state index < -0.39 is 28.8 Å². The Morgan fingerprint density at radius 2 is 1.25 bits per heavy atom. The van der Waals surface area contributed by atoms with Crippen LogP contribution in [-0.4, -0.2) is 61.4 Å². The van der Waals surface area contributed by atoms with Crippen molar-refractivity contribution in [3.05, 3.63) is 104 Å². The lowest BCUT2D eigenvalue weighted by Gasteiger charge is -2.34. The van der Waals surface area contributed by atoms with Crippen LogP contribution in [0.1, 0.15) is 125 Å². The molecule has 2 fully saturated rings. The Bertz CT molecular complexity index is 2860. The van der Waals surface area contributed by atoms with Gasteiger partial charge >= 0.3 is 0 Å². The van der Waals surface area contributed by atoms with Crippen molar-refractivity contribution in [3.8, 4) is 47.0 Å². The zero-order valence-electron chi connectivity index (χ0n) is 33.1. The van der Waals surface area contributed by atoms with Gasteiger partial charge in [0, 0.05) is 49.5 Å². The number of aliphatic hydroxyl groups is 2. The summed E-state index contributed by atoms with van der Waals surface area (Å²) in [5.74, 6) is 8.24. The molecule has 2 aromatic carbocycles. The molecular formula is C42H37BrF2N10O6. The average molecular weight is 896 g/mol. The lowest BCUT2D eigenvalue weighted by Crippen LogP contribution is -2.22. The van der Waals surface area contributed by atoms with E-state index in [1.807, 2.05) is 9.13 Å². The number of hydrogen-bond donors (Lipinski definition) is 4. The van der Waals surface area contributed by atoms with Crippen LogP contribution in [0.4, 0.5) is 8.78 Å². The number of imidazole rings is 2. The van der Waals surface area contributed by atoms with E-state index in [1.54, 1.807) is 44.4 Å². The number of nitrogens with two attached hydrogens (primary N) is 2. The van der Waals surface area contributed by atoms with Crippen LogP contribution in [-0.2, 0) is 11.2 Å². The Hall–Kier alpha value is -6.54. The van der Waals surface area contributed by atoms with E-state index in [-0.39, 0.29) is 46.4 Å². The highest BCUT2D eigenvalue weighted by molar-refractivity contribution is 9.10. The molecule has 2 aliphatic carbocycles. The molecule has 6 aliphatic rings. The molecule has 6 aromatic rings. The largest absolute Gasteiger partial charge is 0.371 e. The molecule has 4 aromatic heterocycles. The molecule has 8 heterocycles. The molecule has 312 valence electrons. The van der Waals surface area contributed by atoms with Crippen LogP contribution in [0.5, 0.6) is 0 Å². The minimum absolute atomic E-state index is 0.00475. The Balaban J connectivity index is 0.000000142. The Morgan fingerprint density at radius 3 is 1.69 bits per heavy atom. The molecule has 0 spiro atoms. The molecule has 2 atom stereocenters. The van der Waals surface area contributed by atoms with E-state index in [0.29, 0.717) is 45.4 Å². The number of nitrogens with zero attached hydrogens (tertiary/aromatic N) is 8. The predicted octanol–water partition coefficient (Wildman–Crippen LogP) is 5.37. The summed E-state index contributed by atoms with van der Waals surface area (Å²) in [4.78, 5) is 39.5. The molecule has 0 saturated heterocycles. The molecule has 2 amide bonds. The van der Waals surface area contributed by atoms with Gasteiger partial charge in [-0.2, -0.15) is 9.97 Å². The van der Waals surface area contributed by atoms with Crippen molar-refractivity contribution in [2.45, 2.75) is 88.5 Å². The maximum atomic E-state index is 14.9. The van der Waals surface area contributed by atoms with Gasteiger partial charge in [-0.15, -0.1) is 6.42 Å². The third-order valence-corrected chi connectivity index (χ3v) is 11.8. The van der Waals surface area contributed by atoms with Gasteiger partial charge in [-0.1, -0.05) is 28.1 Å². The van der Waals surface area contributed by atoms with Gasteiger partial charge in [0.25, 0.3) is 11.8 Å². The van der Waals surface area contributed by atoms with Gasteiger partial charge in [-0.25, -0.2) is 18.7 Å². The number of benzene rings is 2. The average Bonchev–Trinajstić information content (AvgIpc) is 3.97. The second-order valence-corrected chi connectivity index (χ2v) is 16.5. The first-order valence-corrected chi connectivity index (χ1v) is 19.8. The maximum Gasteiger partial charge on any atom is 0.268 e. The summed E-state index contributed by atoms with van der Waals surface area (Å²) in [6.07, 6.45) is 12.0. The summed E-state index contributed by atoms with van der Waals surface area (Å²) in [5.41, 5.74) is 11.5. The van der Waals surface area contributed by atoms with Crippen LogP contribution < -0.4 is 11.5 Å². The van der Waals surface area contributed by atoms with Gasteiger partial charge in [0.05, 0.1) is 10.0 Å². The fourth-order valence-corrected chi connectivity index (χ4v) is 8.07. The van der Waals surface area contributed by atoms with E-state index in [1.165, 1.54) is 19.9 Å². The number of carbonyl (C=O) groups excluding carboxylic acids is 2. The van der Waals surface area contributed by atoms with Crippen LogP contribution in [0.3, 0.4) is 0 Å². The van der Waals surface area contributed by atoms with Gasteiger partial charge in [0.2, 0.25) is 23.4 Å². The molecule has 16 nitrogen and oxygen atoms in total. The number of aryl methyl sites for hydroxylation is 2. The molecule has 0 radical (unpaired) electrons. The number of hydrogen-bond acceptors (Lipinski definition) is 12. The minimum atomic E-state index is -1.71. The Morgan fingerprint density at radius 1 is 0.787 bits per heavy atom. The molecule has 4 bridgehead atoms. The fraction of sp³-hybridized carbons (Fsp3) is 0.333. The van der Waals surface area contributed by atoms with Crippen LogP contribution in [0, 0.1) is 49.7 Å². The smallest absolute Gasteiger partial charge is 0.268 e. The van der Waals surface area contributed by atoms with Crippen molar-refractivity contribution in [2.24, 2.45) is 11.5 Å². The maximum absolute atomic E-state index is 14.9.